The molecule has 8 aromatic carbocycles. The van der Waals surface area contributed by atoms with Crippen molar-refractivity contribution in [1.29, 1.82) is 0 Å². The molecule has 5 heteroatoms. The van der Waals surface area contributed by atoms with Crippen LogP contribution in [-0.2, 0) is 0 Å². The van der Waals surface area contributed by atoms with E-state index in [1.165, 1.54) is 24.3 Å². The highest BCUT2D eigenvalue weighted by atomic mass is 19.1. The number of nitrogens with one attached hydrogen (secondary N) is 2. The summed E-state index contributed by atoms with van der Waals surface area (Å²) in [4.78, 5) is 0. The minimum absolute atomic E-state index is 0.238. The molecule has 3 nitrogen and oxygen atoms in total. The van der Waals surface area contributed by atoms with Gasteiger partial charge in [-0.1, -0.05) is 84.9 Å². The van der Waals surface area contributed by atoms with Gasteiger partial charge in [0.25, 0.3) is 0 Å². The molecular weight excluding hydrogens is 659 g/mol. The predicted molar refractivity (Wildman–Crippen MR) is 215 cm³/mol. The van der Waals surface area contributed by atoms with Gasteiger partial charge in [0, 0.05) is 45.7 Å². The Labute approximate surface area is 305 Å². The standard InChI is InChI=1S/C48H32F2N2O/c49-39-15-7-31(8-16-39)35-3-1-5-37(27-35)33-11-19-41(20-12-33)51-43-23-25-45-46-26-24-44(30-48(46)53-47(45)29-43)52-42-21-13-34(14-22-42)38-6-2-4-36(28-38)32-9-17-40(50)18-10-32/h1-30,51-52H. The number of anilines is 4. The van der Waals surface area contributed by atoms with E-state index in [9.17, 15) is 8.78 Å². The third kappa shape index (κ3) is 6.76. The summed E-state index contributed by atoms with van der Waals surface area (Å²) >= 11 is 0. The SMILES string of the molecule is Fc1ccc(-c2cccc(-c3ccc(Nc4ccc5c(c4)oc4cc(Nc6ccc(-c7cccc(-c8ccc(F)cc8)c7)cc6)ccc45)cc3)c2)cc1. The van der Waals surface area contributed by atoms with E-state index in [2.05, 4.69) is 108 Å². The first-order valence-corrected chi connectivity index (χ1v) is 17.4. The van der Waals surface area contributed by atoms with Gasteiger partial charge < -0.3 is 15.1 Å². The smallest absolute Gasteiger partial charge is 0.137 e. The third-order valence-corrected chi connectivity index (χ3v) is 9.57. The van der Waals surface area contributed by atoms with Gasteiger partial charge in [-0.3, -0.25) is 0 Å². The Balaban J connectivity index is 0.886. The summed E-state index contributed by atoms with van der Waals surface area (Å²) in [7, 11) is 0. The lowest BCUT2D eigenvalue weighted by atomic mass is 9.99. The van der Waals surface area contributed by atoms with Crippen LogP contribution in [0.5, 0.6) is 0 Å². The summed E-state index contributed by atoms with van der Waals surface area (Å²) in [6.45, 7) is 0. The summed E-state index contributed by atoms with van der Waals surface area (Å²) in [5, 5.41) is 9.14. The van der Waals surface area contributed by atoms with Crippen molar-refractivity contribution in [3.05, 3.63) is 194 Å². The maximum atomic E-state index is 13.4. The van der Waals surface area contributed by atoms with Crippen molar-refractivity contribution in [1.82, 2.24) is 0 Å². The van der Waals surface area contributed by atoms with Gasteiger partial charge in [-0.15, -0.1) is 0 Å². The highest BCUT2D eigenvalue weighted by Gasteiger charge is 2.10. The number of halogens is 2. The number of furan rings is 1. The zero-order valence-corrected chi connectivity index (χ0v) is 28.5. The zero-order valence-electron chi connectivity index (χ0n) is 28.5. The Morgan fingerprint density at radius 1 is 0.302 bits per heavy atom. The van der Waals surface area contributed by atoms with E-state index >= 15 is 0 Å². The van der Waals surface area contributed by atoms with Gasteiger partial charge in [-0.25, -0.2) is 8.78 Å². The molecule has 53 heavy (non-hydrogen) atoms. The average molecular weight is 691 g/mol. The van der Waals surface area contributed by atoms with Crippen LogP contribution in [0.3, 0.4) is 0 Å². The van der Waals surface area contributed by atoms with Crippen molar-refractivity contribution in [3.63, 3.8) is 0 Å². The van der Waals surface area contributed by atoms with Crippen molar-refractivity contribution in [3.8, 4) is 44.5 Å². The summed E-state index contributed by atoms with van der Waals surface area (Å²) in [5.74, 6) is -0.476. The molecule has 0 aliphatic rings. The summed E-state index contributed by atoms with van der Waals surface area (Å²) in [6, 6.07) is 58.8. The average Bonchev–Trinajstić information content (AvgIpc) is 3.56. The molecule has 0 aliphatic heterocycles. The van der Waals surface area contributed by atoms with Crippen LogP contribution in [-0.4, -0.2) is 0 Å². The van der Waals surface area contributed by atoms with E-state index in [0.29, 0.717) is 0 Å². The fourth-order valence-corrected chi connectivity index (χ4v) is 6.80. The van der Waals surface area contributed by atoms with E-state index in [-0.39, 0.29) is 11.6 Å². The predicted octanol–water partition coefficient (Wildman–Crippen LogP) is 14.0. The van der Waals surface area contributed by atoms with Crippen LogP contribution in [0.4, 0.5) is 31.5 Å². The molecule has 1 aromatic heterocycles. The second kappa shape index (κ2) is 13.6. The quantitative estimate of drug-likeness (QED) is 0.167. The number of benzene rings is 8. The van der Waals surface area contributed by atoms with Gasteiger partial charge in [-0.05, 0) is 129 Å². The van der Waals surface area contributed by atoms with Crippen molar-refractivity contribution in [2.24, 2.45) is 0 Å². The molecule has 0 saturated heterocycles. The lowest BCUT2D eigenvalue weighted by molar-refractivity contribution is 0.627. The van der Waals surface area contributed by atoms with E-state index in [4.69, 9.17) is 4.42 Å². The number of rotatable bonds is 8. The van der Waals surface area contributed by atoms with Crippen LogP contribution in [0.15, 0.2) is 186 Å². The number of fused-ring (bicyclic) bond motifs is 3. The molecule has 0 unspecified atom stereocenters. The van der Waals surface area contributed by atoms with Crippen LogP contribution in [0.2, 0.25) is 0 Å². The molecule has 9 aromatic rings. The van der Waals surface area contributed by atoms with Crippen LogP contribution in [0.25, 0.3) is 66.4 Å². The number of hydrogen-bond acceptors (Lipinski definition) is 3. The van der Waals surface area contributed by atoms with Crippen LogP contribution in [0.1, 0.15) is 0 Å². The minimum Gasteiger partial charge on any atom is -0.456 e. The van der Waals surface area contributed by atoms with Gasteiger partial charge in [0.15, 0.2) is 0 Å². The highest BCUT2D eigenvalue weighted by molar-refractivity contribution is 6.06. The van der Waals surface area contributed by atoms with E-state index in [1.807, 2.05) is 36.4 Å². The Hall–Kier alpha value is -6.98. The summed E-state index contributed by atoms with van der Waals surface area (Å²) in [5.41, 5.74) is 13.9. The monoisotopic (exact) mass is 690 g/mol. The van der Waals surface area contributed by atoms with Gasteiger partial charge in [-0.2, -0.15) is 0 Å². The normalized spacial score (nSPS) is 11.2. The van der Waals surface area contributed by atoms with Gasteiger partial charge in [0.2, 0.25) is 0 Å². The number of hydrogen-bond donors (Lipinski definition) is 2. The van der Waals surface area contributed by atoms with E-state index in [0.717, 1.165) is 89.2 Å². The maximum absolute atomic E-state index is 13.4. The molecule has 0 atom stereocenters. The van der Waals surface area contributed by atoms with Crippen molar-refractivity contribution < 1.29 is 13.2 Å². The van der Waals surface area contributed by atoms with E-state index in [1.54, 1.807) is 24.3 Å². The molecule has 9 rings (SSSR count). The molecule has 0 radical (unpaired) electrons. The van der Waals surface area contributed by atoms with Gasteiger partial charge in [0.1, 0.15) is 22.8 Å². The molecule has 0 amide bonds. The van der Waals surface area contributed by atoms with Gasteiger partial charge in [0.05, 0.1) is 0 Å². The van der Waals surface area contributed by atoms with Crippen molar-refractivity contribution in [2.45, 2.75) is 0 Å². The van der Waals surface area contributed by atoms with Crippen molar-refractivity contribution >= 4 is 44.7 Å². The fourth-order valence-electron chi connectivity index (χ4n) is 6.80. The molecule has 254 valence electrons. The van der Waals surface area contributed by atoms with Crippen LogP contribution < -0.4 is 10.6 Å². The zero-order chi connectivity index (χ0) is 35.7. The second-order valence-electron chi connectivity index (χ2n) is 13.1. The van der Waals surface area contributed by atoms with Crippen molar-refractivity contribution in [2.75, 3.05) is 10.6 Å². The Morgan fingerprint density at radius 3 is 0.981 bits per heavy atom. The largest absolute Gasteiger partial charge is 0.456 e. The molecule has 2 N–H and O–H groups in total. The first-order valence-electron chi connectivity index (χ1n) is 17.4. The Bertz CT molecular complexity index is 2530. The van der Waals surface area contributed by atoms with Crippen LogP contribution >= 0.6 is 0 Å². The topological polar surface area (TPSA) is 37.2 Å². The molecule has 0 saturated carbocycles. The van der Waals surface area contributed by atoms with E-state index < -0.39 is 0 Å². The molecule has 0 bridgehead atoms. The lowest BCUT2D eigenvalue weighted by Crippen LogP contribution is -1.90. The molecule has 1 heterocycles. The first kappa shape index (κ1) is 32.0. The summed E-state index contributed by atoms with van der Waals surface area (Å²) < 4.78 is 33.2. The molecule has 0 aliphatic carbocycles. The minimum atomic E-state index is -0.238. The first-order chi connectivity index (χ1) is 26.0. The second-order valence-corrected chi connectivity index (χ2v) is 13.1. The lowest BCUT2D eigenvalue weighted by Gasteiger charge is -2.09. The third-order valence-electron chi connectivity index (χ3n) is 9.57. The Morgan fingerprint density at radius 2 is 0.623 bits per heavy atom. The molecule has 0 fully saturated rings. The molecular formula is C48H32F2N2O. The fraction of sp³-hybridized carbons (Fsp3) is 0. The maximum Gasteiger partial charge on any atom is 0.137 e. The highest BCUT2D eigenvalue weighted by Crippen LogP contribution is 2.35. The van der Waals surface area contributed by atoms with Gasteiger partial charge >= 0.3 is 0 Å². The Kier molecular flexibility index (Phi) is 8.22. The molecule has 0 spiro atoms. The van der Waals surface area contributed by atoms with Crippen LogP contribution in [0, 0.1) is 11.6 Å². The summed E-state index contributed by atoms with van der Waals surface area (Å²) in [6.07, 6.45) is 0.